The SMILES string of the molecule is FC(F)Oc1cccc(CNc2ncccn2)c1. The lowest BCUT2D eigenvalue weighted by Gasteiger charge is -2.07. The minimum atomic E-state index is -2.81. The summed E-state index contributed by atoms with van der Waals surface area (Å²) >= 11 is 0. The summed E-state index contributed by atoms with van der Waals surface area (Å²) in [5.74, 6) is 0.621. The maximum absolute atomic E-state index is 12.0. The normalized spacial score (nSPS) is 10.4. The fourth-order valence-corrected chi connectivity index (χ4v) is 1.40. The van der Waals surface area contributed by atoms with Gasteiger partial charge in [0.25, 0.3) is 0 Å². The second-order valence-corrected chi connectivity index (χ2v) is 3.45. The molecular weight excluding hydrogens is 240 g/mol. The molecule has 0 bridgehead atoms. The van der Waals surface area contributed by atoms with E-state index in [1.54, 1.807) is 36.7 Å². The minimum Gasteiger partial charge on any atom is -0.435 e. The van der Waals surface area contributed by atoms with Crippen LogP contribution in [0, 0.1) is 0 Å². The van der Waals surface area contributed by atoms with E-state index >= 15 is 0 Å². The maximum Gasteiger partial charge on any atom is 0.387 e. The molecule has 0 saturated heterocycles. The van der Waals surface area contributed by atoms with Gasteiger partial charge in [0.2, 0.25) is 5.95 Å². The van der Waals surface area contributed by atoms with E-state index in [1.165, 1.54) is 6.07 Å². The zero-order valence-electron chi connectivity index (χ0n) is 9.38. The fraction of sp³-hybridized carbons (Fsp3) is 0.167. The van der Waals surface area contributed by atoms with Crippen molar-refractivity contribution in [1.82, 2.24) is 9.97 Å². The van der Waals surface area contributed by atoms with Gasteiger partial charge in [-0.05, 0) is 23.8 Å². The molecule has 1 aromatic heterocycles. The van der Waals surface area contributed by atoms with E-state index in [-0.39, 0.29) is 5.75 Å². The van der Waals surface area contributed by atoms with Gasteiger partial charge in [0, 0.05) is 18.9 Å². The first-order valence-corrected chi connectivity index (χ1v) is 5.29. The zero-order valence-corrected chi connectivity index (χ0v) is 9.38. The molecular formula is C12H11F2N3O. The van der Waals surface area contributed by atoms with Crippen LogP contribution >= 0.6 is 0 Å². The monoisotopic (exact) mass is 251 g/mol. The number of benzene rings is 1. The molecule has 0 radical (unpaired) electrons. The molecule has 0 aliphatic heterocycles. The van der Waals surface area contributed by atoms with Crippen LogP contribution in [-0.4, -0.2) is 16.6 Å². The van der Waals surface area contributed by atoms with E-state index in [2.05, 4.69) is 20.0 Å². The number of halogens is 2. The van der Waals surface area contributed by atoms with Gasteiger partial charge in [0.05, 0.1) is 0 Å². The highest BCUT2D eigenvalue weighted by Gasteiger charge is 2.04. The molecule has 0 saturated carbocycles. The van der Waals surface area contributed by atoms with Crippen molar-refractivity contribution >= 4 is 5.95 Å². The van der Waals surface area contributed by atoms with Gasteiger partial charge in [0.1, 0.15) is 5.75 Å². The average molecular weight is 251 g/mol. The molecule has 0 unspecified atom stereocenters. The van der Waals surface area contributed by atoms with Crippen LogP contribution in [0.2, 0.25) is 0 Å². The standard InChI is InChI=1S/C12H11F2N3O/c13-11(14)18-10-4-1-3-9(7-10)8-17-12-15-5-2-6-16-12/h1-7,11H,8H2,(H,15,16,17). The summed E-state index contributed by atoms with van der Waals surface area (Å²) in [4.78, 5) is 7.98. The first kappa shape index (κ1) is 12.2. The van der Waals surface area contributed by atoms with Crippen LogP contribution < -0.4 is 10.1 Å². The Bertz CT molecular complexity index is 494. The number of hydrogen-bond donors (Lipinski definition) is 1. The highest BCUT2D eigenvalue weighted by Crippen LogP contribution is 2.16. The predicted octanol–water partition coefficient (Wildman–Crippen LogP) is 2.69. The van der Waals surface area contributed by atoms with Crippen molar-refractivity contribution < 1.29 is 13.5 Å². The Morgan fingerprint density at radius 1 is 1.17 bits per heavy atom. The fourth-order valence-electron chi connectivity index (χ4n) is 1.40. The highest BCUT2D eigenvalue weighted by molar-refractivity contribution is 5.32. The number of ether oxygens (including phenoxy) is 1. The molecule has 2 rings (SSSR count). The van der Waals surface area contributed by atoms with Crippen LogP contribution in [0.15, 0.2) is 42.7 Å². The van der Waals surface area contributed by atoms with Gasteiger partial charge in [-0.2, -0.15) is 8.78 Å². The molecule has 0 atom stereocenters. The van der Waals surface area contributed by atoms with Crippen LogP contribution in [0.25, 0.3) is 0 Å². The lowest BCUT2D eigenvalue weighted by molar-refractivity contribution is -0.0498. The number of aromatic nitrogens is 2. The molecule has 18 heavy (non-hydrogen) atoms. The Morgan fingerprint density at radius 3 is 2.67 bits per heavy atom. The van der Waals surface area contributed by atoms with Crippen molar-refractivity contribution in [2.75, 3.05) is 5.32 Å². The average Bonchev–Trinajstić information content (AvgIpc) is 2.37. The Kier molecular flexibility index (Phi) is 4.01. The van der Waals surface area contributed by atoms with E-state index in [0.29, 0.717) is 12.5 Å². The van der Waals surface area contributed by atoms with Crippen molar-refractivity contribution in [2.24, 2.45) is 0 Å². The van der Waals surface area contributed by atoms with Crippen LogP contribution in [0.3, 0.4) is 0 Å². The van der Waals surface area contributed by atoms with Crippen molar-refractivity contribution in [2.45, 2.75) is 13.2 Å². The predicted molar refractivity (Wildman–Crippen MR) is 62.4 cm³/mol. The van der Waals surface area contributed by atoms with Gasteiger partial charge in [0.15, 0.2) is 0 Å². The topological polar surface area (TPSA) is 47.0 Å². The van der Waals surface area contributed by atoms with Crippen LogP contribution in [0.1, 0.15) is 5.56 Å². The largest absolute Gasteiger partial charge is 0.435 e. The summed E-state index contributed by atoms with van der Waals surface area (Å²) in [6, 6.07) is 8.19. The molecule has 1 N–H and O–H groups in total. The highest BCUT2D eigenvalue weighted by atomic mass is 19.3. The van der Waals surface area contributed by atoms with Crippen molar-refractivity contribution in [1.29, 1.82) is 0 Å². The van der Waals surface area contributed by atoms with Gasteiger partial charge < -0.3 is 10.1 Å². The van der Waals surface area contributed by atoms with E-state index in [4.69, 9.17) is 0 Å². The number of nitrogens with one attached hydrogen (secondary N) is 1. The van der Waals surface area contributed by atoms with E-state index < -0.39 is 6.61 Å². The van der Waals surface area contributed by atoms with Gasteiger partial charge in [-0.3, -0.25) is 0 Å². The molecule has 4 nitrogen and oxygen atoms in total. The lowest BCUT2D eigenvalue weighted by atomic mass is 10.2. The molecule has 94 valence electrons. The molecule has 0 amide bonds. The van der Waals surface area contributed by atoms with Crippen LogP contribution in [0.5, 0.6) is 5.75 Å². The second kappa shape index (κ2) is 5.90. The molecule has 1 aromatic carbocycles. The van der Waals surface area contributed by atoms with Gasteiger partial charge in [-0.1, -0.05) is 12.1 Å². The molecule has 0 aliphatic rings. The van der Waals surface area contributed by atoms with Crippen LogP contribution in [-0.2, 0) is 6.54 Å². The van der Waals surface area contributed by atoms with E-state index in [9.17, 15) is 8.78 Å². The summed E-state index contributed by atoms with van der Waals surface area (Å²) in [7, 11) is 0. The number of nitrogens with zero attached hydrogens (tertiary/aromatic N) is 2. The third kappa shape index (κ3) is 3.65. The number of rotatable bonds is 5. The summed E-state index contributed by atoms with van der Waals surface area (Å²) < 4.78 is 28.4. The molecule has 0 aliphatic carbocycles. The Morgan fingerprint density at radius 2 is 1.94 bits per heavy atom. The number of hydrogen-bond acceptors (Lipinski definition) is 4. The van der Waals surface area contributed by atoms with Crippen molar-refractivity contribution in [3.05, 3.63) is 48.3 Å². The summed E-state index contributed by atoms with van der Waals surface area (Å²) in [6.45, 7) is -2.38. The van der Waals surface area contributed by atoms with Gasteiger partial charge in [-0.25, -0.2) is 9.97 Å². The second-order valence-electron chi connectivity index (χ2n) is 3.45. The minimum absolute atomic E-state index is 0.137. The third-order valence-corrected chi connectivity index (χ3v) is 2.14. The maximum atomic E-state index is 12.0. The smallest absolute Gasteiger partial charge is 0.387 e. The first-order valence-electron chi connectivity index (χ1n) is 5.29. The summed E-state index contributed by atoms with van der Waals surface area (Å²) in [6.07, 6.45) is 3.23. The molecule has 2 aromatic rings. The Hall–Kier alpha value is -2.24. The molecule has 0 spiro atoms. The molecule has 0 fully saturated rings. The Balaban J connectivity index is 1.97. The van der Waals surface area contributed by atoms with E-state index in [0.717, 1.165) is 5.56 Å². The third-order valence-electron chi connectivity index (χ3n) is 2.14. The van der Waals surface area contributed by atoms with Gasteiger partial charge in [-0.15, -0.1) is 0 Å². The van der Waals surface area contributed by atoms with Crippen LogP contribution in [0.4, 0.5) is 14.7 Å². The summed E-state index contributed by atoms with van der Waals surface area (Å²) in [5.41, 5.74) is 0.806. The quantitative estimate of drug-likeness (QED) is 0.887. The zero-order chi connectivity index (χ0) is 12.8. The number of anilines is 1. The van der Waals surface area contributed by atoms with Gasteiger partial charge >= 0.3 is 6.61 Å². The molecule has 1 heterocycles. The lowest BCUT2D eigenvalue weighted by Crippen LogP contribution is -2.05. The van der Waals surface area contributed by atoms with E-state index in [1.807, 2.05) is 0 Å². The van der Waals surface area contributed by atoms with Crippen molar-refractivity contribution in [3.63, 3.8) is 0 Å². The number of alkyl halides is 2. The van der Waals surface area contributed by atoms with Crippen molar-refractivity contribution in [3.8, 4) is 5.75 Å². The summed E-state index contributed by atoms with van der Waals surface area (Å²) in [5, 5.41) is 2.98. The first-order chi connectivity index (χ1) is 8.74. The Labute approximate surface area is 103 Å². The molecule has 6 heteroatoms.